The Morgan fingerprint density at radius 3 is 2.68 bits per heavy atom. The first-order valence-electron chi connectivity index (χ1n) is 8.58. The molecule has 4 nitrogen and oxygen atoms in total. The summed E-state index contributed by atoms with van der Waals surface area (Å²) in [4.78, 5) is 28.7. The van der Waals surface area contributed by atoms with Crippen LogP contribution in [0, 0.1) is 5.92 Å². The zero-order valence-electron chi connectivity index (χ0n) is 14.1. The molecule has 2 atom stereocenters. The van der Waals surface area contributed by atoms with Crippen LogP contribution in [0.5, 0.6) is 0 Å². The van der Waals surface area contributed by atoms with E-state index in [4.69, 9.17) is 0 Å². The summed E-state index contributed by atoms with van der Waals surface area (Å²) in [6, 6.07) is 4.45. The maximum atomic E-state index is 12.9. The van der Waals surface area contributed by atoms with Gasteiger partial charge in [-0.2, -0.15) is 13.2 Å². The van der Waals surface area contributed by atoms with Crippen molar-refractivity contribution in [3.63, 3.8) is 0 Å². The van der Waals surface area contributed by atoms with Crippen molar-refractivity contribution in [2.45, 2.75) is 38.4 Å². The number of rotatable bonds is 3. The molecule has 7 heteroatoms. The minimum Gasteiger partial charge on any atom is -0.338 e. The largest absolute Gasteiger partial charge is 0.416 e. The average molecular weight is 354 g/mol. The number of halogens is 3. The summed E-state index contributed by atoms with van der Waals surface area (Å²) >= 11 is 0. The second-order valence-corrected chi connectivity index (χ2v) is 6.75. The zero-order chi connectivity index (χ0) is 18.2. The first-order chi connectivity index (χ1) is 11.8. The maximum absolute atomic E-state index is 12.9. The van der Waals surface area contributed by atoms with Gasteiger partial charge in [0.25, 0.3) is 5.91 Å². The minimum atomic E-state index is -4.48. The zero-order valence-corrected chi connectivity index (χ0v) is 14.1. The van der Waals surface area contributed by atoms with E-state index < -0.39 is 17.6 Å². The number of alkyl halides is 3. The van der Waals surface area contributed by atoms with E-state index in [1.165, 1.54) is 12.1 Å². The highest BCUT2D eigenvalue weighted by Gasteiger charge is 2.41. The smallest absolute Gasteiger partial charge is 0.338 e. The van der Waals surface area contributed by atoms with E-state index in [0.717, 1.165) is 31.4 Å². The summed E-state index contributed by atoms with van der Waals surface area (Å²) in [6.07, 6.45) is -2.07. The van der Waals surface area contributed by atoms with Crippen LogP contribution in [0.1, 0.15) is 42.1 Å². The number of hydrogen-bond acceptors (Lipinski definition) is 2. The van der Waals surface area contributed by atoms with Gasteiger partial charge in [0.1, 0.15) is 0 Å². The molecule has 0 radical (unpaired) electrons. The van der Waals surface area contributed by atoms with Gasteiger partial charge < -0.3 is 9.80 Å². The third-order valence-corrected chi connectivity index (χ3v) is 4.98. The van der Waals surface area contributed by atoms with Crippen LogP contribution in [-0.2, 0) is 11.0 Å². The number of piperidine rings is 1. The fourth-order valence-electron chi connectivity index (χ4n) is 3.75. The molecule has 3 fully saturated rings. The quantitative estimate of drug-likeness (QED) is 0.837. The topological polar surface area (TPSA) is 40.6 Å². The molecule has 2 amide bonds. The molecule has 3 heterocycles. The molecule has 0 spiro atoms. The summed E-state index contributed by atoms with van der Waals surface area (Å²) in [6.45, 7) is 3.32. The van der Waals surface area contributed by atoms with Crippen LogP contribution in [0.15, 0.2) is 24.3 Å². The van der Waals surface area contributed by atoms with Crippen LogP contribution in [-0.4, -0.2) is 47.3 Å². The molecule has 0 aromatic heterocycles. The molecular weight excluding hydrogens is 333 g/mol. The summed E-state index contributed by atoms with van der Waals surface area (Å²) < 4.78 is 38.7. The average Bonchev–Trinajstić information content (AvgIpc) is 2.86. The van der Waals surface area contributed by atoms with E-state index in [1.807, 2.05) is 11.8 Å². The molecule has 1 aromatic rings. The number of hydrogen-bond donors (Lipinski definition) is 0. The summed E-state index contributed by atoms with van der Waals surface area (Å²) in [5.74, 6) is -0.619. The monoisotopic (exact) mass is 354 g/mol. The highest BCUT2D eigenvalue weighted by Crippen LogP contribution is 2.32. The van der Waals surface area contributed by atoms with Crippen LogP contribution in [0.3, 0.4) is 0 Å². The van der Waals surface area contributed by atoms with Gasteiger partial charge in [0, 0.05) is 31.2 Å². The molecule has 3 aliphatic heterocycles. The van der Waals surface area contributed by atoms with Crippen LogP contribution < -0.4 is 0 Å². The van der Waals surface area contributed by atoms with E-state index >= 15 is 0 Å². The Morgan fingerprint density at radius 2 is 2.00 bits per heavy atom. The molecule has 1 aromatic carbocycles. The number of nitrogens with zero attached hydrogens (tertiary/aromatic N) is 2. The molecule has 0 aliphatic carbocycles. The Balaban J connectivity index is 1.83. The molecule has 0 N–H and O–H groups in total. The first kappa shape index (κ1) is 17.8. The number of carbonyl (C=O) groups excluding carboxylic acids is 2. The summed E-state index contributed by atoms with van der Waals surface area (Å²) in [5.41, 5.74) is -0.814. The lowest BCUT2D eigenvalue weighted by atomic mass is 9.94. The normalized spacial score (nSPS) is 23.8. The second kappa shape index (κ2) is 6.69. The standard InChI is InChI=1S/C18H21F3N2O2/c1-2-8-23-15-7-6-13(17(23)25)10-22(11-15)16(24)12-4-3-5-14(9-12)18(19,20)21/h3-5,9,13,15H,2,6-8,10-11H2,1H3/t13-,15+/m0/s1. The molecule has 136 valence electrons. The first-order valence-corrected chi connectivity index (χ1v) is 8.58. The third-order valence-electron chi connectivity index (χ3n) is 4.98. The Kier molecular flexibility index (Phi) is 4.75. The summed E-state index contributed by atoms with van der Waals surface area (Å²) in [7, 11) is 0. The number of fused-ring (bicyclic) bond motifs is 4. The highest BCUT2D eigenvalue weighted by molar-refractivity contribution is 5.95. The van der Waals surface area contributed by atoms with Crippen molar-refractivity contribution < 1.29 is 22.8 Å². The Hall–Kier alpha value is -2.05. The van der Waals surface area contributed by atoms with E-state index in [-0.39, 0.29) is 30.0 Å². The molecule has 3 saturated heterocycles. The molecule has 0 unspecified atom stereocenters. The molecule has 4 rings (SSSR count). The fourth-order valence-corrected chi connectivity index (χ4v) is 3.75. The third kappa shape index (κ3) is 3.50. The lowest BCUT2D eigenvalue weighted by Crippen LogP contribution is -2.48. The second-order valence-electron chi connectivity index (χ2n) is 6.75. The Labute approximate surface area is 144 Å². The summed E-state index contributed by atoms with van der Waals surface area (Å²) in [5, 5.41) is 0. The highest BCUT2D eigenvalue weighted by atomic mass is 19.4. The van der Waals surface area contributed by atoms with Crippen LogP contribution in [0.4, 0.5) is 13.2 Å². The van der Waals surface area contributed by atoms with E-state index in [2.05, 4.69) is 0 Å². The van der Waals surface area contributed by atoms with Gasteiger partial charge in [-0.25, -0.2) is 0 Å². The number of benzene rings is 1. The van der Waals surface area contributed by atoms with Crippen molar-refractivity contribution in [1.82, 2.24) is 9.80 Å². The Morgan fingerprint density at radius 1 is 1.24 bits per heavy atom. The van der Waals surface area contributed by atoms with Crippen molar-refractivity contribution in [3.05, 3.63) is 35.4 Å². The van der Waals surface area contributed by atoms with Gasteiger partial charge in [-0.15, -0.1) is 0 Å². The number of amides is 2. The lowest BCUT2D eigenvalue weighted by molar-refractivity contribution is -0.140. The van der Waals surface area contributed by atoms with Gasteiger partial charge in [-0.3, -0.25) is 9.59 Å². The van der Waals surface area contributed by atoms with Crippen molar-refractivity contribution in [2.75, 3.05) is 19.6 Å². The van der Waals surface area contributed by atoms with Gasteiger partial charge in [0.15, 0.2) is 0 Å². The molecule has 25 heavy (non-hydrogen) atoms. The van der Waals surface area contributed by atoms with Gasteiger partial charge in [-0.05, 0) is 37.5 Å². The molecule has 2 bridgehead atoms. The van der Waals surface area contributed by atoms with Crippen LogP contribution in [0.2, 0.25) is 0 Å². The van der Waals surface area contributed by atoms with E-state index in [0.29, 0.717) is 13.1 Å². The molecular formula is C18H21F3N2O2. The van der Waals surface area contributed by atoms with Crippen LogP contribution >= 0.6 is 0 Å². The van der Waals surface area contributed by atoms with Crippen molar-refractivity contribution >= 4 is 11.8 Å². The lowest BCUT2D eigenvalue weighted by Gasteiger charge is -2.35. The van der Waals surface area contributed by atoms with Gasteiger partial charge >= 0.3 is 6.18 Å². The predicted octanol–water partition coefficient (Wildman–Crippen LogP) is 3.18. The van der Waals surface area contributed by atoms with E-state index in [1.54, 1.807) is 4.90 Å². The van der Waals surface area contributed by atoms with Gasteiger partial charge in [0.2, 0.25) is 5.91 Å². The number of carbonyl (C=O) groups is 2. The van der Waals surface area contributed by atoms with Crippen molar-refractivity contribution in [1.29, 1.82) is 0 Å². The molecule has 0 saturated carbocycles. The SMILES string of the molecule is CCCN1C(=O)[C@H]2CC[C@@H]1CN(C(=O)c1cccc(C(F)(F)F)c1)C2. The van der Waals surface area contributed by atoms with E-state index in [9.17, 15) is 22.8 Å². The van der Waals surface area contributed by atoms with Gasteiger partial charge in [-0.1, -0.05) is 13.0 Å². The molecule has 3 aliphatic rings. The Bertz CT molecular complexity index is 675. The fraction of sp³-hybridized carbons (Fsp3) is 0.556. The maximum Gasteiger partial charge on any atom is 0.416 e. The predicted molar refractivity (Wildman–Crippen MR) is 85.9 cm³/mol. The van der Waals surface area contributed by atoms with Crippen molar-refractivity contribution in [2.24, 2.45) is 5.92 Å². The van der Waals surface area contributed by atoms with Gasteiger partial charge in [0.05, 0.1) is 11.5 Å². The van der Waals surface area contributed by atoms with Crippen molar-refractivity contribution in [3.8, 4) is 0 Å². The van der Waals surface area contributed by atoms with Crippen LogP contribution in [0.25, 0.3) is 0 Å². The minimum absolute atomic E-state index is 0.0191.